The minimum Gasteiger partial charge on any atom is -0.497 e. The number of amides is 1. The standard InChI is InChI=1S/C25H27NO8/c1-14(2)9-19(25(29)30)26-23(27)13-33-17-7-8-18-21(12-17)34-22(24(18)28)10-15-5-6-16(31-3)11-20(15)32-4/h5-8,10-12,14,19H,9,13H2,1-4H3,(H,26,27)(H,29,30)/b22-10+/t19-/m0/s1. The fraction of sp³-hybridized carbons (Fsp3) is 0.320. The third-order valence-electron chi connectivity index (χ3n) is 5.08. The fourth-order valence-corrected chi connectivity index (χ4v) is 3.41. The Morgan fingerprint density at radius 1 is 1.09 bits per heavy atom. The third kappa shape index (κ3) is 5.86. The smallest absolute Gasteiger partial charge is 0.326 e. The highest BCUT2D eigenvalue weighted by Gasteiger charge is 2.28. The molecule has 2 aromatic rings. The Labute approximate surface area is 197 Å². The van der Waals surface area contributed by atoms with Crippen LogP contribution >= 0.6 is 0 Å². The molecule has 2 aromatic carbocycles. The van der Waals surface area contributed by atoms with Gasteiger partial charge in [0.25, 0.3) is 5.91 Å². The highest BCUT2D eigenvalue weighted by Crippen LogP contribution is 2.36. The molecule has 2 N–H and O–H groups in total. The van der Waals surface area contributed by atoms with Gasteiger partial charge in [-0.3, -0.25) is 9.59 Å². The van der Waals surface area contributed by atoms with Crippen LogP contribution in [-0.4, -0.2) is 49.6 Å². The zero-order valence-corrected chi connectivity index (χ0v) is 19.4. The van der Waals surface area contributed by atoms with Gasteiger partial charge in [-0.15, -0.1) is 0 Å². The molecule has 1 heterocycles. The minimum absolute atomic E-state index is 0.105. The number of fused-ring (bicyclic) bond motifs is 1. The molecule has 0 fully saturated rings. The number of methoxy groups -OCH3 is 2. The number of ether oxygens (including phenoxy) is 4. The van der Waals surface area contributed by atoms with Gasteiger partial charge in [0.2, 0.25) is 5.78 Å². The first kappa shape index (κ1) is 24.6. The van der Waals surface area contributed by atoms with Gasteiger partial charge in [0, 0.05) is 17.7 Å². The number of allylic oxidation sites excluding steroid dienone is 1. The van der Waals surface area contributed by atoms with Gasteiger partial charge < -0.3 is 29.4 Å². The maximum Gasteiger partial charge on any atom is 0.326 e. The lowest BCUT2D eigenvalue weighted by atomic mass is 10.0. The summed E-state index contributed by atoms with van der Waals surface area (Å²) in [4.78, 5) is 36.2. The van der Waals surface area contributed by atoms with Crippen LogP contribution in [0.4, 0.5) is 0 Å². The minimum atomic E-state index is -1.10. The van der Waals surface area contributed by atoms with Crippen molar-refractivity contribution in [1.29, 1.82) is 0 Å². The van der Waals surface area contributed by atoms with E-state index in [1.54, 1.807) is 43.5 Å². The second-order valence-electron chi connectivity index (χ2n) is 8.08. The molecule has 0 spiro atoms. The fourth-order valence-electron chi connectivity index (χ4n) is 3.41. The van der Waals surface area contributed by atoms with Crippen molar-refractivity contribution in [2.45, 2.75) is 26.3 Å². The Kier molecular flexibility index (Phi) is 7.78. The monoisotopic (exact) mass is 469 g/mol. The highest BCUT2D eigenvalue weighted by atomic mass is 16.5. The number of Topliss-reactive ketones (excluding diaryl/α,β-unsaturated/α-hetero) is 1. The van der Waals surface area contributed by atoms with E-state index in [0.29, 0.717) is 40.5 Å². The predicted octanol–water partition coefficient (Wildman–Crippen LogP) is 3.31. The maximum absolute atomic E-state index is 12.8. The number of benzene rings is 2. The first-order chi connectivity index (χ1) is 16.2. The summed E-state index contributed by atoms with van der Waals surface area (Å²) < 4.78 is 21.8. The number of aliphatic carboxylic acids is 1. The van der Waals surface area contributed by atoms with Crippen molar-refractivity contribution in [3.63, 3.8) is 0 Å². The second kappa shape index (κ2) is 10.7. The molecule has 180 valence electrons. The predicted molar refractivity (Wildman–Crippen MR) is 123 cm³/mol. The SMILES string of the molecule is COc1ccc(/C=C2/Oc3cc(OCC(=O)N[C@@H](CC(C)C)C(=O)O)ccc3C2=O)c(OC)c1. The molecule has 1 atom stereocenters. The van der Waals surface area contributed by atoms with Gasteiger partial charge in [0.15, 0.2) is 12.4 Å². The van der Waals surface area contributed by atoms with Crippen molar-refractivity contribution in [3.8, 4) is 23.0 Å². The molecule has 1 aliphatic rings. The van der Waals surface area contributed by atoms with Crippen molar-refractivity contribution in [3.05, 3.63) is 53.3 Å². The van der Waals surface area contributed by atoms with Crippen LogP contribution in [0.25, 0.3) is 6.08 Å². The van der Waals surface area contributed by atoms with Gasteiger partial charge in [-0.25, -0.2) is 4.79 Å². The van der Waals surface area contributed by atoms with Gasteiger partial charge in [-0.05, 0) is 42.7 Å². The van der Waals surface area contributed by atoms with Crippen LogP contribution in [0.5, 0.6) is 23.0 Å². The first-order valence-corrected chi connectivity index (χ1v) is 10.7. The van der Waals surface area contributed by atoms with E-state index < -0.39 is 17.9 Å². The van der Waals surface area contributed by atoms with Crippen LogP contribution in [-0.2, 0) is 9.59 Å². The van der Waals surface area contributed by atoms with E-state index in [0.717, 1.165) is 0 Å². The Hall–Kier alpha value is -4.01. The lowest BCUT2D eigenvalue weighted by Gasteiger charge is -2.16. The van der Waals surface area contributed by atoms with E-state index in [1.165, 1.54) is 13.2 Å². The lowest BCUT2D eigenvalue weighted by molar-refractivity contribution is -0.142. The van der Waals surface area contributed by atoms with E-state index in [4.69, 9.17) is 18.9 Å². The van der Waals surface area contributed by atoms with Gasteiger partial charge in [0.1, 0.15) is 29.0 Å². The van der Waals surface area contributed by atoms with E-state index in [-0.39, 0.29) is 24.1 Å². The lowest BCUT2D eigenvalue weighted by Crippen LogP contribution is -2.43. The molecule has 0 aromatic heterocycles. The van der Waals surface area contributed by atoms with Gasteiger partial charge in [-0.1, -0.05) is 13.8 Å². The van der Waals surface area contributed by atoms with Crippen LogP contribution in [0.15, 0.2) is 42.2 Å². The molecule has 0 saturated heterocycles. The molecule has 0 unspecified atom stereocenters. The molecule has 0 bridgehead atoms. The summed E-state index contributed by atoms with van der Waals surface area (Å²) in [6, 6.07) is 8.82. The zero-order valence-electron chi connectivity index (χ0n) is 19.4. The summed E-state index contributed by atoms with van der Waals surface area (Å²) in [5, 5.41) is 11.7. The number of hydrogen-bond acceptors (Lipinski definition) is 7. The van der Waals surface area contributed by atoms with Crippen LogP contribution in [0.2, 0.25) is 0 Å². The van der Waals surface area contributed by atoms with E-state index in [9.17, 15) is 19.5 Å². The Morgan fingerprint density at radius 2 is 1.82 bits per heavy atom. The largest absolute Gasteiger partial charge is 0.497 e. The second-order valence-corrected chi connectivity index (χ2v) is 8.08. The number of carbonyl (C=O) groups excluding carboxylic acids is 2. The number of carboxylic acids is 1. The van der Waals surface area contributed by atoms with Crippen LogP contribution in [0.3, 0.4) is 0 Å². The Morgan fingerprint density at radius 3 is 2.47 bits per heavy atom. The van der Waals surface area contributed by atoms with Crippen molar-refractivity contribution < 1.29 is 38.4 Å². The van der Waals surface area contributed by atoms with E-state index >= 15 is 0 Å². The third-order valence-corrected chi connectivity index (χ3v) is 5.08. The number of rotatable bonds is 10. The molecule has 9 nitrogen and oxygen atoms in total. The molecule has 34 heavy (non-hydrogen) atoms. The Bertz CT molecular complexity index is 1120. The normalized spacial score (nSPS) is 14.4. The zero-order chi connectivity index (χ0) is 24.8. The molecular weight excluding hydrogens is 442 g/mol. The van der Waals surface area contributed by atoms with Crippen LogP contribution in [0, 0.1) is 5.92 Å². The number of ketones is 1. The summed E-state index contributed by atoms with van der Waals surface area (Å²) in [5.74, 6) is 0.00924. The highest BCUT2D eigenvalue weighted by molar-refractivity contribution is 6.14. The van der Waals surface area contributed by atoms with Gasteiger partial charge >= 0.3 is 5.97 Å². The number of hydrogen-bond donors (Lipinski definition) is 2. The van der Waals surface area contributed by atoms with Crippen molar-refractivity contribution >= 4 is 23.7 Å². The quantitative estimate of drug-likeness (QED) is 0.509. The summed E-state index contributed by atoms with van der Waals surface area (Å²) >= 11 is 0. The Balaban J connectivity index is 1.68. The molecule has 9 heteroatoms. The molecule has 1 amide bonds. The molecule has 0 saturated carbocycles. The number of nitrogens with one attached hydrogen (secondary N) is 1. The molecule has 0 radical (unpaired) electrons. The topological polar surface area (TPSA) is 120 Å². The average Bonchev–Trinajstić information content (AvgIpc) is 3.11. The molecule has 0 aliphatic carbocycles. The van der Waals surface area contributed by atoms with Gasteiger partial charge in [-0.2, -0.15) is 0 Å². The van der Waals surface area contributed by atoms with E-state index in [1.807, 2.05) is 13.8 Å². The summed E-state index contributed by atoms with van der Waals surface area (Å²) in [6.07, 6.45) is 1.89. The molecule has 3 rings (SSSR count). The van der Waals surface area contributed by atoms with Crippen LogP contribution in [0.1, 0.15) is 36.2 Å². The molecular formula is C25H27NO8. The van der Waals surface area contributed by atoms with Gasteiger partial charge in [0.05, 0.1) is 19.8 Å². The average molecular weight is 469 g/mol. The summed E-state index contributed by atoms with van der Waals surface area (Å²) in [5.41, 5.74) is 1.00. The summed E-state index contributed by atoms with van der Waals surface area (Å²) in [6.45, 7) is 3.37. The van der Waals surface area contributed by atoms with Crippen molar-refractivity contribution in [1.82, 2.24) is 5.32 Å². The van der Waals surface area contributed by atoms with E-state index in [2.05, 4.69) is 5.32 Å². The molecule has 1 aliphatic heterocycles. The van der Waals surface area contributed by atoms with Crippen molar-refractivity contribution in [2.24, 2.45) is 5.92 Å². The number of carbonyl (C=O) groups is 3. The summed E-state index contributed by atoms with van der Waals surface area (Å²) in [7, 11) is 3.07. The number of carboxylic acid groups (broad SMARTS) is 1. The first-order valence-electron chi connectivity index (χ1n) is 10.7. The van der Waals surface area contributed by atoms with Crippen LogP contribution < -0.4 is 24.3 Å². The maximum atomic E-state index is 12.8. The van der Waals surface area contributed by atoms with Crippen molar-refractivity contribution in [2.75, 3.05) is 20.8 Å².